The standard InChI is InChI=1S/C14H17ClN2O4/c1-2-7-16-12(18)8-17-13(19)9-21-14(20)10-5-3-4-6-11(10)15/h3-6H,2,7-9H2,1H3,(H,16,18)(H,17,19). The minimum atomic E-state index is -0.689. The van der Waals surface area contributed by atoms with Crippen molar-refractivity contribution in [2.45, 2.75) is 13.3 Å². The van der Waals surface area contributed by atoms with Crippen LogP contribution in [0, 0.1) is 0 Å². The zero-order chi connectivity index (χ0) is 15.7. The number of esters is 1. The lowest BCUT2D eigenvalue weighted by molar-refractivity contribution is -0.127. The lowest BCUT2D eigenvalue weighted by Gasteiger charge is -2.07. The Morgan fingerprint density at radius 1 is 1.14 bits per heavy atom. The van der Waals surface area contributed by atoms with Crippen molar-refractivity contribution in [2.75, 3.05) is 19.7 Å². The quantitative estimate of drug-likeness (QED) is 0.739. The van der Waals surface area contributed by atoms with Crippen LogP contribution in [0.1, 0.15) is 23.7 Å². The molecule has 1 aromatic carbocycles. The van der Waals surface area contributed by atoms with Gasteiger partial charge in [-0.25, -0.2) is 4.79 Å². The molecule has 0 radical (unpaired) electrons. The Morgan fingerprint density at radius 2 is 1.86 bits per heavy atom. The van der Waals surface area contributed by atoms with Crippen LogP contribution in [0.4, 0.5) is 0 Å². The second-order valence-electron chi connectivity index (χ2n) is 4.18. The van der Waals surface area contributed by atoms with Crippen molar-refractivity contribution in [2.24, 2.45) is 0 Å². The van der Waals surface area contributed by atoms with Crippen LogP contribution in [0.5, 0.6) is 0 Å². The number of carbonyl (C=O) groups is 3. The normalized spacial score (nSPS) is 9.81. The molecular weight excluding hydrogens is 296 g/mol. The molecule has 0 atom stereocenters. The van der Waals surface area contributed by atoms with Crippen LogP contribution in [0.15, 0.2) is 24.3 Å². The predicted molar refractivity (Wildman–Crippen MR) is 78.0 cm³/mol. The number of hydrogen-bond donors (Lipinski definition) is 2. The van der Waals surface area contributed by atoms with Crippen molar-refractivity contribution < 1.29 is 19.1 Å². The zero-order valence-electron chi connectivity index (χ0n) is 11.6. The average Bonchev–Trinajstić information content (AvgIpc) is 2.48. The summed E-state index contributed by atoms with van der Waals surface area (Å²) < 4.78 is 4.82. The van der Waals surface area contributed by atoms with E-state index in [2.05, 4.69) is 10.6 Å². The third-order valence-electron chi connectivity index (χ3n) is 2.45. The van der Waals surface area contributed by atoms with Gasteiger partial charge < -0.3 is 15.4 Å². The highest BCUT2D eigenvalue weighted by molar-refractivity contribution is 6.33. The van der Waals surface area contributed by atoms with Gasteiger partial charge in [0.25, 0.3) is 5.91 Å². The largest absolute Gasteiger partial charge is 0.452 e. The monoisotopic (exact) mass is 312 g/mol. The van der Waals surface area contributed by atoms with Crippen molar-refractivity contribution in [3.8, 4) is 0 Å². The topological polar surface area (TPSA) is 84.5 Å². The molecule has 0 saturated carbocycles. The van der Waals surface area contributed by atoms with E-state index in [-0.39, 0.29) is 23.0 Å². The highest BCUT2D eigenvalue weighted by Crippen LogP contribution is 2.15. The number of rotatable bonds is 7. The Labute approximate surface area is 127 Å². The lowest BCUT2D eigenvalue weighted by Crippen LogP contribution is -2.38. The Hall–Kier alpha value is -2.08. The number of amides is 2. The fourth-order valence-electron chi connectivity index (χ4n) is 1.39. The number of nitrogens with one attached hydrogen (secondary N) is 2. The number of ether oxygens (including phenoxy) is 1. The molecule has 0 aromatic heterocycles. The van der Waals surface area contributed by atoms with E-state index in [9.17, 15) is 14.4 Å². The Balaban J connectivity index is 2.32. The molecule has 7 heteroatoms. The second-order valence-corrected chi connectivity index (χ2v) is 4.59. The minimum absolute atomic E-state index is 0.150. The molecule has 0 saturated heterocycles. The lowest BCUT2D eigenvalue weighted by atomic mass is 10.2. The van der Waals surface area contributed by atoms with Crippen LogP contribution < -0.4 is 10.6 Å². The molecule has 2 amide bonds. The Morgan fingerprint density at radius 3 is 2.52 bits per heavy atom. The van der Waals surface area contributed by atoms with Crippen LogP contribution in [0.3, 0.4) is 0 Å². The van der Waals surface area contributed by atoms with Gasteiger partial charge >= 0.3 is 5.97 Å². The summed E-state index contributed by atoms with van der Waals surface area (Å²) in [5, 5.41) is 5.21. The first kappa shape index (κ1) is 17.0. The average molecular weight is 313 g/mol. The molecule has 1 rings (SSSR count). The zero-order valence-corrected chi connectivity index (χ0v) is 12.4. The third kappa shape index (κ3) is 6.27. The van der Waals surface area contributed by atoms with Gasteiger partial charge in [-0.2, -0.15) is 0 Å². The molecule has 1 aromatic rings. The summed E-state index contributed by atoms with van der Waals surface area (Å²) >= 11 is 5.83. The summed E-state index contributed by atoms with van der Waals surface area (Å²) in [7, 11) is 0. The summed E-state index contributed by atoms with van der Waals surface area (Å²) in [4.78, 5) is 34.4. The van der Waals surface area contributed by atoms with E-state index in [0.717, 1.165) is 6.42 Å². The highest BCUT2D eigenvalue weighted by Gasteiger charge is 2.13. The van der Waals surface area contributed by atoms with Gasteiger partial charge in [-0.05, 0) is 18.6 Å². The fraction of sp³-hybridized carbons (Fsp3) is 0.357. The summed E-state index contributed by atoms with van der Waals surface area (Å²) in [6.07, 6.45) is 0.815. The first-order valence-corrected chi connectivity index (χ1v) is 6.87. The Bertz CT molecular complexity index is 519. The number of halogens is 1. The van der Waals surface area contributed by atoms with E-state index in [1.807, 2.05) is 6.92 Å². The molecule has 0 aliphatic carbocycles. The molecule has 0 spiro atoms. The van der Waals surface area contributed by atoms with Crippen LogP contribution in [0.25, 0.3) is 0 Å². The second kappa shape index (κ2) is 8.97. The maximum absolute atomic E-state index is 11.7. The summed E-state index contributed by atoms with van der Waals surface area (Å²) in [5.41, 5.74) is 0.188. The van der Waals surface area contributed by atoms with Crippen molar-refractivity contribution in [1.29, 1.82) is 0 Å². The van der Waals surface area contributed by atoms with Crippen LogP contribution in [0.2, 0.25) is 5.02 Å². The van der Waals surface area contributed by atoms with Gasteiger partial charge in [0.15, 0.2) is 6.61 Å². The van der Waals surface area contributed by atoms with Crippen LogP contribution >= 0.6 is 11.6 Å². The van der Waals surface area contributed by atoms with Gasteiger partial charge in [0.2, 0.25) is 5.91 Å². The van der Waals surface area contributed by atoms with E-state index >= 15 is 0 Å². The molecule has 21 heavy (non-hydrogen) atoms. The molecule has 0 fully saturated rings. The van der Waals surface area contributed by atoms with Crippen molar-refractivity contribution >= 4 is 29.4 Å². The van der Waals surface area contributed by atoms with Crippen molar-refractivity contribution in [1.82, 2.24) is 10.6 Å². The molecule has 2 N–H and O–H groups in total. The number of benzene rings is 1. The maximum atomic E-state index is 11.7. The SMILES string of the molecule is CCCNC(=O)CNC(=O)COC(=O)c1ccccc1Cl. The van der Waals surface area contributed by atoms with E-state index in [1.165, 1.54) is 6.07 Å². The number of hydrogen-bond acceptors (Lipinski definition) is 4. The molecule has 0 bridgehead atoms. The smallest absolute Gasteiger partial charge is 0.340 e. The van der Waals surface area contributed by atoms with Crippen LogP contribution in [-0.4, -0.2) is 37.5 Å². The molecule has 0 aliphatic heterocycles. The van der Waals surface area contributed by atoms with Crippen molar-refractivity contribution in [3.63, 3.8) is 0 Å². The minimum Gasteiger partial charge on any atom is -0.452 e. The first-order chi connectivity index (χ1) is 10.0. The molecular formula is C14H17ClN2O4. The molecule has 0 aliphatic rings. The first-order valence-electron chi connectivity index (χ1n) is 6.49. The number of carbonyl (C=O) groups excluding carboxylic acids is 3. The molecule has 114 valence electrons. The van der Waals surface area contributed by atoms with Gasteiger partial charge in [-0.1, -0.05) is 30.7 Å². The van der Waals surface area contributed by atoms with E-state index in [4.69, 9.17) is 16.3 Å². The summed E-state index contributed by atoms with van der Waals surface area (Å²) in [6, 6.07) is 6.37. The fourth-order valence-corrected chi connectivity index (χ4v) is 1.61. The van der Waals surface area contributed by atoms with Gasteiger partial charge in [-0.3, -0.25) is 9.59 Å². The van der Waals surface area contributed by atoms with Crippen LogP contribution in [-0.2, 0) is 14.3 Å². The summed E-state index contributed by atoms with van der Waals surface area (Å²) in [5.74, 6) is -1.53. The summed E-state index contributed by atoms with van der Waals surface area (Å²) in [6.45, 7) is 1.86. The molecule has 0 unspecified atom stereocenters. The predicted octanol–water partition coefficient (Wildman–Crippen LogP) is 1.14. The van der Waals surface area contributed by atoms with Gasteiger partial charge in [0.05, 0.1) is 17.1 Å². The third-order valence-corrected chi connectivity index (χ3v) is 2.78. The van der Waals surface area contributed by atoms with Gasteiger partial charge in [0.1, 0.15) is 0 Å². The van der Waals surface area contributed by atoms with Crippen molar-refractivity contribution in [3.05, 3.63) is 34.9 Å². The van der Waals surface area contributed by atoms with E-state index in [0.29, 0.717) is 6.54 Å². The van der Waals surface area contributed by atoms with Gasteiger partial charge in [0, 0.05) is 6.54 Å². The maximum Gasteiger partial charge on any atom is 0.340 e. The van der Waals surface area contributed by atoms with E-state index in [1.54, 1.807) is 18.2 Å². The molecule has 6 nitrogen and oxygen atoms in total. The molecule has 0 heterocycles. The Kier molecular flexibility index (Phi) is 7.25. The van der Waals surface area contributed by atoms with Gasteiger partial charge in [-0.15, -0.1) is 0 Å². The van der Waals surface area contributed by atoms with E-state index < -0.39 is 18.5 Å². The highest BCUT2D eigenvalue weighted by atomic mass is 35.5.